The third-order valence-corrected chi connectivity index (χ3v) is 3.42. The van der Waals surface area contributed by atoms with E-state index >= 15 is 0 Å². The lowest BCUT2D eigenvalue weighted by Crippen LogP contribution is -2.46. The van der Waals surface area contributed by atoms with Crippen molar-refractivity contribution in [3.8, 4) is 0 Å². The molecule has 1 aliphatic carbocycles. The van der Waals surface area contributed by atoms with Crippen LogP contribution >= 0.6 is 0 Å². The van der Waals surface area contributed by atoms with Crippen LogP contribution in [-0.2, 0) is 5.41 Å². The summed E-state index contributed by atoms with van der Waals surface area (Å²) in [6, 6.07) is 8.12. The predicted molar refractivity (Wildman–Crippen MR) is 62.5 cm³/mol. The van der Waals surface area contributed by atoms with Gasteiger partial charge in [0.1, 0.15) is 0 Å². The molecule has 3 N–H and O–H groups in total. The molecule has 2 nitrogen and oxygen atoms in total. The Kier molecular flexibility index (Phi) is 2.41. The van der Waals surface area contributed by atoms with Gasteiger partial charge in [0.15, 0.2) is 0 Å². The Hall–Kier alpha value is -1.12. The molecule has 1 aliphatic rings. The van der Waals surface area contributed by atoms with Gasteiger partial charge in [0.25, 0.3) is 0 Å². The van der Waals surface area contributed by atoms with E-state index in [1.807, 2.05) is 38.1 Å². The van der Waals surface area contributed by atoms with Gasteiger partial charge in [0.05, 0.1) is 6.10 Å². The van der Waals surface area contributed by atoms with E-state index in [-0.39, 0.29) is 5.41 Å². The standard InChI is InChI=1S/C13H17NO/c1-9-7-10-5-3-4-6-11(10)13(2,8-14)12(9)15/h3-7,12,15H,8,14H2,1-2H3. The summed E-state index contributed by atoms with van der Waals surface area (Å²) < 4.78 is 0. The second kappa shape index (κ2) is 3.47. The van der Waals surface area contributed by atoms with Crippen molar-refractivity contribution in [1.29, 1.82) is 0 Å². The Labute approximate surface area is 90.4 Å². The van der Waals surface area contributed by atoms with Crippen LogP contribution in [0.3, 0.4) is 0 Å². The number of hydrogen-bond acceptors (Lipinski definition) is 2. The molecule has 2 rings (SSSR count). The quantitative estimate of drug-likeness (QED) is 0.729. The summed E-state index contributed by atoms with van der Waals surface area (Å²) in [5, 5.41) is 10.2. The Morgan fingerprint density at radius 2 is 2.07 bits per heavy atom. The highest BCUT2D eigenvalue weighted by molar-refractivity contribution is 5.63. The molecule has 15 heavy (non-hydrogen) atoms. The molecule has 0 saturated carbocycles. The minimum absolute atomic E-state index is 0.352. The van der Waals surface area contributed by atoms with Gasteiger partial charge in [-0.25, -0.2) is 0 Å². The maximum Gasteiger partial charge on any atom is 0.0856 e. The fourth-order valence-corrected chi connectivity index (χ4v) is 2.34. The zero-order valence-corrected chi connectivity index (χ0v) is 9.20. The molecule has 0 aromatic heterocycles. The van der Waals surface area contributed by atoms with Crippen molar-refractivity contribution in [2.45, 2.75) is 25.4 Å². The lowest BCUT2D eigenvalue weighted by molar-refractivity contribution is 0.125. The summed E-state index contributed by atoms with van der Waals surface area (Å²) in [6.07, 6.45) is 1.56. The molecule has 0 radical (unpaired) electrons. The molecule has 2 atom stereocenters. The number of aliphatic hydroxyl groups is 1. The van der Waals surface area contributed by atoms with Gasteiger partial charge in [-0.05, 0) is 23.6 Å². The number of fused-ring (bicyclic) bond motifs is 1. The summed E-state index contributed by atoms with van der Waals surface area (Å²) in [4.78, 5) is 0. The normalized spacial score (nSPS) is 29.6. The van der Waals surface area contributed by atoms with Gasteiger partial charge in [-0.3, -0.25) is 0 Å². The van der Waals surface area contributed by atoms with Crippen molar-refractivity contribution in [2.24, 2.45) is 5.73 Å². The number of nitrogens with two attached hydrogens (primary N) is 1. The number of benzene rings is 1. The first-order valence-corrected chi connectivity index (χ1v) is 5.25. The van der Waals surface area contributed by atoms with Crippen LogP contribution in [0.15, 0.2) is 29.8 Å². The van der Waals surface area contributed by atoms with Crippen LogP contribution in [0.5, 0.6) is 0 Å². The number of hydrogen-bond donors (Lipinski definition) is 2. The highest BCUT2D eigenvalue weighted by Crippen LogP contribution is 2.37. The van der Waals surface area contributed by atoms with E-state index in [1.54, 1.807) is 0 Å². The summed E-state index contributed by atoms with van der Waals surface area (Å²) in [6.45, 7) is 4.43. The largest absolute Gasteiger partial charge is 0.388 e. The van der Waals surface area contributed by atoms with Crippen LogP contribution in [0.1, 0.15) is 25.0 Å². The monoisotopic (exact) mass is 203 g/mol. The van der Waals surface area contributed by atoms with E-state index < -0.39 is 6.10 Å². The van der Waals surface area contributed by atoms with Crippen molar-refractivity contribution < 1.29 is 5.11 Å². The van der Waals surface area contributed by atoms with Gasteiger partial charge in [0.2, 0.25) is 0 Å². The molecule has 2 heteroatoms. The van der Waals surface area contributed by atoms with E-state index in [4.69, 9.17) is 5.73 Å². The van der Waals surface area contributed by atoms with E-state index in [2.05, 4.69) is 6.07 Å². The predicted octanol–water partition coefficient (Wildman–Crippen LogP) is 1.68. The molecule has 2 unspecified atom stereocenters. The van der Waals surface area contributed by atoms with Crippen molar-refractivity contribution in [2.75, 3.05) is 6.54 Å². The van der Waals surface area contributed by atoms with E-state index in [0.717, 1.165) is 11.1 Å². The molecule has 0 fully saturated rings. The van der Waals surface area contributed by atoms with Crippen molar-refractivity contribution >= 4 is 6.08 Å². The average molecular weight is 203 g/mol. The minimum Gasteiger partial charge on any atom is -0.388 e. The highest BCUT2D eigenvalue weighted by Gasteiger charge is 2.38. The topological polar surface area (TPSA) is 46.2 Å². The van der Waals surface area contributed by atoms with Gasteiger partial charge in [-0.2, -0.15) is 0 Å². The van der Waals surface area contributed by atoms with Crippen molar-refractivity contribution in [3.63, 3.8) is 0 Å². The summed E-state index contributed by atoms with van der Waals surface area (Å²) >= 11 is 0. The Bertz CT molecular complexity index is 411. The fourth-order valence-electron chi connectivity index (χ4n) is 2.34. The molecule has 0 aliphatic heterocycles. The molecule has 1 aromatic carbocycles. The lowest BCUT2D eigenvalue weighted by Gasteiger charge is -2.38. The third kappa shape index (κ3) is 1.41. The minimum atomic E-state index is -0.475. The molecular weight excluding hydrogens is 186 g/mol. The fraction of sp³-hybridized carbons (Fsp3) is 0.385. The summed E-state index contributed by atoms with van der Waals surface area (Å²) in [5.74, 6) is 0. The summed E-state index contributed by atoms with van der Waals surface area (Å²) in [7, 11) is 0. The Morgan fingerprint density at radius 1 is 1.40 bits per heavy atom. The highest BCUT2D eigenvalue weighted by atomic mass is 16.3. The molecule has 0 amide bonds. The van der Waals surface area contributed by atoms with Crippen molar-refractivity contribution in [3.05, 3.63) is 41.0 Å². The van der Waals surface area contributed by atoms with Gasteiger partial charge < -0.3 is 10.8 Å². The first kappa shape index (κ1) is 10.4. The van der Waals surface area contributed by atoms with Gasteiger partial charge in [0, 0.05) is 12.0 Å². The first-order chi connectivity index (χ1) is 7.09. The van der Waals surface area contributed by atoms with Crippen LogP contribution in [0.25, 0.3) is 6.08 Å². The maximum absolute atomic E-state index is 10.2. The summed E-state index contributed by atoms with van der Waals surface area (Å²) in [5.41, 5.74) is 8.77. The zero-order chi connectivity index (χ0) is 11.1. The SMILES string of the molecule is CC1=Cc2ccccc2C(C)(CN)C1O. The maximum atomic E-state index is 10.2. The van der Waals surface area contributed by atoms with Crippen LogP contribution in [0.2, 0.25) is 0 Å². The average Bonchev–Trinajstić information content (AvgIpc) is 2.26. The lowest BCUT2D eigenvalue weighted by atomic mass is 9.70. The van der Waals surface area contributed by atoms with Crippen LogP contribution < -0.4 is 5.73 Å². The molecule has 0 bridgehead atoms. The van der Waals surface area contributed by atoms with Gasteiger partial charge >= 0.3 is 0 Å². The van der Waals surface area contributed by atoms with Gasteiger partial charge in [-0.1, -0.05) is 37.3 Å². The Morgan fingerprint density at radius 3 is 2.73 bits per heavy atom. The van der Waals surface area contributed by atoms with Crippen LogP contribution in [0.4, 0.5) is 0 Å². The Balaban J connectivity index is 2.65. The molecule has 0 saturated heterocycles. The van der Waals surface area contributed by atoms with E-state index in [9.17, 15) is 5.11 Å². The third-order valence-electron chi connectivity index (χ3n) is 3.42. The van der Waals surface area contributed by atoms with Crippen molar-refractivity contribution in [1.82, 2.24) is 0 Å². The molecular formula is C13H17NO. The molecule has 0 spiro atoms. The number of aliphatic hydroxyl groups excluding tert-OH is 1. The zero-order valence-electron chi connectivity index (χ0n) is 9.20. The molecule has 80 valence electrons. The van der Waals surface area contributed by atoms with E-state index in [0.29, 0.717) is 6.54 Å². The molecule has 0 heterocycles. The number of rotatable bonds is 1. The van der Waals surface area contributed by atoms with E-state index in [1.165, 1.54) is 5.56 Å². The van der Waals surface area contributed by atoms with Crippen LogP contribution in [0, 0.1) is 0 Å². The molecule has 1 aromatic rings. The second-order valence-electron chi connectivity index (χ2n) is 4.50. The first-order valence-electron chi connectivity index (χ1n) is 5.25. The van der Waals surface area contributed by atoms with Crippen LogP contribution in [-0.4, -0.2) is 17.8 Å². The smallest absolute Gasteiger partial charge is 0.0856 e. The second-order valence-corrected chi connectivity index (χ2v) is 4.50. The van der Waals surface area contributed by atoms with Gasteiger partial charge in [-0.15, -0.1) is 0 Å².